The summed E-state index contributed by atoms with van der Waals surface area (Å²) >= 11 is 0. The topological polar surface area (TPSA) is 169 Å². The van der Waals surface area contributed by atoms with Crippen molar-refractivity contribution in [1.29, 1.82) is 0 Å². The Kier molecular flexibility index (Phi) is 6.44. The Hall–Kier alpha value is -1.89. The molecule has 1 aromatic heterocycles. The molecule has 6 N–H and O–H groups in total. The van der Waals surface area contributed by atoms with Gasteiger partial charge in [0.15, 0.2) is 12.0 Å². The molecule has 11 heteroatoms. The van der Waals surface area contributed by atoms with Gasteiger partial charge >= 0.3 is 5.69 Å². The zero-order chi connectivity index (χ0) is 19.5. The van der Waals surface area contributed by atoms with Gasteiger partial charge in [0.1, 0.15) is 24.6 Å². The minimum Gasteiger partial charge on any atom is -0.387 e. The van der Waals surface area contributed by atoms with Gasteiger partial charge in [0.05, 0.1) is 18.8 Å². The minimum atomic E-state index is -1.39. The summed E-state index contributed by atoms with van der Waals surface area (Å²) in [7, 11) is 0. The molecular weight excluding hydrogens is 348 g/mol. The van der Waals surface area contributed by atoms with Crippen LogP contribution < -0.4 is 16.9 Å². The van der Waals surface area contributed by atoms with Crippen LogP contribution in [0.5, 0.6) is 0 Å². The Bertz CT molecular complexity index is 682. The monoisotopic (exact) mass is 372 g/mol. The summed E-state index contributed by atoms with van der Waals surface area (Å²) in [4.78, 5) is 26.6. The molecule has 2 heterocycles. The average Bonchev–Trinajstić information content (AvgIpc) is 2.89. The van der Waals surface area contributed by atoms with Crippen LogP contribution in [0.25, 0.3) is 0 Å². The molecular formula is C15H24N4O7. The minimum absolute atomic E-state index is 0.0685. The highest BCUT2D eigenvalue weighted by Gasteiger charge is 2.44. The van der Waals surface area contributed by atoms with Crippen molar-refractivity contribution in [2.45, 2.75) is 43.9 Å². The molecule has 0 aromatic carbocycles. The lowest BCUT2D eigenvalue weighted by atomic mass is 9.90. The van der Waals surface area contributed by atoms with Crippen LogP contribution in [-0.2, 0) is 14.3 Å². The number of aldehydes is 1. The van der Waals surface area contributed by atoms with E-state index in [9.17, 15) is 19.8 Å². The molecule has 11 nitrogen and oxygen atoms in total. The van der Waals surface area contributed by atoms with Gasteiger partial charge in [-0.2, -0.15) is 4.98 Å². The molecule has 146 valence electrons. The number of nitrogens with zero attached hydrogens (tertiary/aromatic N) is 2. The smallest absolute Gasteiger partial charge is 0.351 e. The fraction of sp³-hybridized carbons (Fsp3) is 0.667. The van der Waals surface area contributed by atoms with Crippen molar-refractivity contribution >= 4 is 12.1 Å². The van der Waals surface area contributed by atoms with Gasteiger partial charge in [-0.25, -0.2) is 4.79 Å². The van der Waals surface area contributed by atoms with Gasteiger partial charge in [0, 0.05) is 6.20 Å². The molecule has 1 fully saturated rings. The Labute approximate surface area is 149 Å². The first kappa shape index (κ1) is 20.4. The van der Waals surface area contributed by atoms with Crippen molar-refractivity contribution in [3.63, 3.8) is 0 Å². The molecule has 0 unspecified atom stereocenters. The molecule has 1 saturated heterocycles. The Morgan fingerprint density at radius 2 is 2.19 bits per heavy atom. The summed E-state index contributed by atoms with van der Waals surface area (Å²) in [6, 6.07) is 1.29. The lowest BCUT2D eigenvalue weighted by Gasteiger charge is -2.27. The highest BCUT2D eigenvalue weighted by Crippen LogP contribution is 2.28. The first-order valence-electron chi connectivity index (χ1n) is 8.07. The molecule has 0 aliphatic carbocycles. The summed E-state index contributed by atoms with van der Waals surface area (Å²) in [5, 5.41) is 29.0. The predicted octanol–water partition coefficient (Wildman–Crippen LogP) is -1.77. The van der Waals surface area contributed by atoms with E-state index in [1.165, 1.54) is 12.3 Å². The Morgan fingerprint density at radius 3 is 2.73 bits per heavy atom. The van der Waals surface area contributed by atoms with E-state index >= 15 is 0 Å². The van der Waals surface area contributed by atoms with E-state index in [1.807, 2.05) is 0 Å². The number of aromatic nitrogens is 2. The van der Waals surface area contributed by atoms with Crippen LogP contribution in [0.1, 0.15) is 20.1 Å². The van der Waals surface area contributed by atoms with E-state index in [1.54, 1.807) is 19.3 Å². The lowest BCUT2D eigenvalue weighted by molar-refractivity contribution is -0.118. The van der Waals surface area contributed by atoms with E-state index < -0.39 is 35.8 Å². The van der Waals surface area contributed by atoms with Crippen molar-refractivity contribution in [3.8, 4) is 0 Å². The van der Waals surface area contributed by atoms with Crippen LogP contribution in [0.3, 0.4) is 0 Å². The summed E-state index contributed by atoms with van der Waals surface area (Å²) in [6.45, 7) is 3.35. The van der Waals surface area contributed by atoms with E-state index in [4.69, 9.17) is 20.4 Å². The zero-order valence-corrected chi connectivity index (χ0v) is 14.5. The fourth-order valence-electron chi connectivity index (χ4n) is 2.45. The molecule has 0 amide bonds. The van der Waals surface area contributed by atoms with E-state index in [0.29, 0.717) is 6.29 Å². The first-order valence-corrected chi connectivity index (χ1v) is 8.07. The molecule has 0 saturated carbocycles. The molecule has 1 aliphatic heterocycles. The van der Waals surface area contributed by atoms with Crippen LogP contribution in [0.15, 0.2) is 17.1 Å². The second-order valence-electron chi connectivity index (χ2n) is 6.56. The number of ether oxygens (including phenoxy) is 2. The molecule has 1 aromatic rings. The average molecular weight is 372 g/mol. The number of nitrogens with one attached hydrogen (secondary N) is 1. The summed E-state index contributed by atoms with van der Waals surface area (Å²) < 4.78 is 11.9. The van der Waals surface area contributed by atoms with Gasteiger partial charge in [0.2, 0.25) is 0 Å². The number of rotatable bonds is 8. The molecule has 0 bridgehead atoms. The van der Waals surface area contributed by atoms with Crippen LogP contribution >= 0.6 is 0 Å². The summed E-state index contributed by atoms with van der Waals surface area (Å²) in [5.74, 6) is -0.225. The first-order chi connectivity index (χ1) is 12.2. The van der Waals surface area contributed by atoms with E-state index in [2.05, 4.69) is 4.98 Å². The third-order valence-electron chi connectivity index (χ3n) is 4.48. The highest BCUT2D eigenvalue weighted by molar-refractivity contribution is 5.64. The maximum absolute atomic E-state index is 11.9. The number of nitrogens with two attached hydrogens (primary N) is 1. The third kappa shape index (κ3) is 4.09. The lowest BCUT2D eigenvalue weighted by Crippen LogP contribution is -2.51. The van der Waals surface area contributed by atoms with Gasteiger partial charge in [-0.3, -0.25) is 15.3 Å². The van der Waals surface area contributed by atoms with Gasteiger partial charge in [0.25, 0.3) is 0 Å². The number of carbonyl (C=O) groups excluding carboxylic acids is 1. The van der Waals surface area contributed by atoms with Crippen molar-refractivity contribution in [2.75, 3.05) is 18.7 Å². The van der Waals surface area contributed by atoms with Gasteiger partial charge in [-0.1, -0.05) is 13.8 Å². The number of aliphatic hydroxyl groups excluding tert-OH is 2. The van der Waals surface area contributed by atoms with Crippen molar-refractivity contribution in [3.05, 3.63) is 22.7 Å². The summed E-state index contributed by atoms with van der Waals surface area (Å²) in [5.41, 5.74) is 5.70. The molecule has 0 radical (unpaired) electrons. The van der Waals surface area contributed by atoms with E-state index in [-0.39, 0.29) is 24.9 Å². The normalized spacial score (nSPS) is 28.1. The number of aliphatic hydroxyl groups is 2. The standard InChI is InChI=1S/C15H24N4O7/c1-8(2)15(16,6-20)7-25-5-9-11(21)12(22)13(26-9)19-4-3-10(18-24)17-14(19)23/h3-4,6,8-9,11-13,21-22,24H,5,7,16H2,1-2H3,(H,17,18,23)/t9-,11-,12-,13-,15+/m1/s1. The molecule has 26 heavy (non-hydrogen) atoms. The van der Waals surface area contributed by atoms with Gasteiger partial charge in [-0.15, -0.1) is 0 Å². The molecule has 2 rings (SSSR count). The second-order valence-corrected chi connectivity index (χ2v) is 6.56. The summed E-state index contributed by atoms with van der Waals surface area (Å²) in [6.07, 6.45) is -2.94. The van der Waals surface area contributed by atoms with Crippen LogP contribution in [0.2, 0.25) is 0 Å². The van der Waals surface area contributed by atoms with Crippen LogP contribution in [0.4, 0.5) is 5.82 Å². The predicted molar refractivity (Wildman–Crippen MR) is 88.5 cm³/mol. The second kappa shape index (κ2) is 8.20. The SMILES string of the molecule is CC(C)[C@](N)(C=O)COC[C@H]1O[C@@H](n2ccc(NO)nc2=O)[C@H](O)[C@@H]1O. The number of hydrogen-bond acceptors (Lipinski definition) is 10. The fourth-order valence-corrected chi connectivity index (χ4v) is 2.45. The number of carbonyl (C=O) groups is 1. The zero-order valence-electron chi connectivity index (χ0n) is 14.5. The maximum Gasteiger partial charge on any atom is 0.351 e. The van der Waals surface area contributed by atoms with Crippen molar-refractivity contribution < 1.29 is 29.7 Å². The largest absolute Gasteiger partial charge is 0.387 e. The molecule has 5 atom stereocenters. The quantitative estimate of drug-likeness (QED) is 0.260. The number of anilines is 1. The number of hydrogen-bond donors (Lipinski definition) is 5. The molecule has 1 aliphatic rings. The van der Waals surface area contributed by atoms with Crippen LogP contribution in [-0.4, -0.2) is 68.3 Å². The van der Waals surface area contributed by atoms with E-state index in [0.717, 1.165) is 4.57 Å². The molecule has 0 spiro atoms. The van der Waals surface area contributed by atoms with Crippen molar-refractivity contribution in [2.24, 2.45) is 11.7 Å². The highest BCUT2D eigenvalue weighted by atomic mass is 16.6. The third-order valence-corrected chi connectivity index (χ3v) is 4.48. The van der Waals surface area contributed by atoms with Gasteiger partial charge < -0.3 is 30.2 Å². The maximum atomic E-state index is 11.9. The Morgan fingerprint density at radius 1 is 1.50 bits per heavy atom. The van der Waals surface area contributed by atoms with Crippen molar-refractivity contribution in [1.82, 2.24) is 9.55 Å². The van der Waals surface area contributed by atoms with Gasteiger partial charge in [-0.05, 0) is 12.0 Å². The van der Waals surface area contributed by atoms with Crippen LogP contribution in [0, 0.1) is 5.92 Å². The Balaban J connectivity index is 2.03.